The maximum atomic E-state index is 14.0. The lowest BCUT2D eigenvalue weighted by Crippen LogP contribution is -2.42. The molecule has 1 saturated heterocycles. The van der Waals surface area contributed by atoms with Crippen LogP contribution in [0.3, 0.4) is 0 Å². The average Bonchev–Trinajstić information content (AvgIpc) is 3.46. The van der Waals surface area contributed by atoms with Gasteiger partial charge in [-0.1, -0.05) is 17.7 Å². The number of carbonyl (C=O) groups excluding carboxylic acids is 2. The molecule has 3 aromatic heterocycles. The van der Waals surface area contributed by atoms with Crippen LogP contribution in [0.2, 0.25) is 5.02 Å². The molecule has 4 heterocycles. The SMILES string of the molecule is Cn1c(C2CCCCN2C(=O)OC(C)(C)C)nc2c1c(=O)n(Cc1cc3c(Cl)cccc3n1C(=O)OC(C)(C)C)c(=O)n2C. The van der Waals surface area contributed by atoms with Gasteiger partial charge < -0.3 is 14.0 Å². The summed E-state index contributed by atoms with van der Waals surface area (Å²) in [5.74, 6) is 0.491. The number of aromatic nitrogens is 5. The predicted octanol–water partition coefficient (Wildman–Crippen LogP) is 5.34. The molecule has 0 aliphatic carbocycles. The summed E-state index contributed by atoms with van der Waals surface area (Å²) in [5, 5.41) is 1.00. The first-order chi connectivity index (χ1) is 20.5. The van der Waals surface area contributed by atoms with E-state index in [1.807, 2.05) is 20.8 Å². The van der Waals surface area contributed by atoms with Gasteiger partial charge in [0.05, 0.1) is 23.8 Å². The highest BCUT2D eigenvalue weighted by atomic mass is 35.5. The lowest BCUT2D eigenvalue weighted by atomic mass is 10.0. The number of imidazole rings is 1. The smallest absolute Gasteiger partial charge is 0.419 e. The first-order valence-corrected chi connectivity index (χ1v) is 15.0. The van der Waals surface area contributed by atoms with Gasteiger partial charge in [-0.3, -0.25) is 18.8 Å². The highest BCUT2D eigenvalue weighted by molar-refractivity contribution is 6.35. The van der Waals surface area contributed by atoms with Crippen molar-refractivity contribution in [2.24, 2.45) is 14.1 Å². The number of ether oxygens (including phenoxy) is 2. The van der Waals surface area contributed by atoms with Crippen LogP contribution in [-0.2, 0) is 30.1 Å². The fourth-order valence-electron chi connectivity index (χ4n) is 5.69. The van der Waals surface area contributed by atoms with Gasteiger partial charge in [0.2, 0.25) is 0 Å². The van der Waals surface area contributed by atoms with Crippen LogP contribution in [0.1, 0.15) is 78.4 Å². The molecule has 1 atom stereocenters. The Morgan fingerprint density at radius 1 is 0.977 bits per heavy atom. The van der Waals surface area contributed by atoms with Gasteiger partial charge in [-0.15, -0.1) is 0 Å². The number of hydrogen-bond acceptors (Lipinski definition) is 7. The second-order valence-electron chi connectivity index (χ2n) is 13.2. The van der Waals surface area contributed by atoms with Gasteiger partial charge in [0, 0.05) is 31.0 Å². The van der Waals surface area contributed by atoms with E-state index in [4.69, 9.17) is 26.1 Å². The zero-order valence-electron chi connectivity index (χ0n) is 26.4. The summed E-state index contributed by atoms with van der Waals surface area (Å²) >= 11 is 6.47. The number of halogens is 1. The number of nitrogens with zero attached hydrogens (tertiary/aromatic N) is 6. The van der Waals surface area contributed by atoms with Crippen LogP contribution in [-0.4, -0.2) is 58.1 Å². The van der Waals surface area contributed by atoms with Gasteiger partial charge in [-0.2, -0.15) is 0 Å². The minimum absolute atomic E-state index is 0.203. The molecule has 236 valence electrons. The fourth-order valence-corrected chi connectivity index (χ4v) is 5.91. The van der Waals surface area contributed by atoms with Crippen molar-refractivity contribution in [2.75, 3.05) is 6.54 Å². The number of carbonyl (C=O) groups is 2. The summed E-state index contributed by atoms with van der Waals surface area (Å²) in [6, 6.07) is 6.40. The Morgan fingerprint density at radius 2 is 1.64 bits per heavy atom. The lowest BCUT2D eigenvalue weighted by Gasteiger charge is -2.36. The van der Waals surface area contributed by atoms with Gasteiger partial charge >= 0.3 is 17.9 Å². The summed E-state index contributed by atoms with van der Waals surface area (Å²) in [5.41, 5.74) is -1.37. The standard InChI is InChI=1S/C31H39ClN6O6/c1-30(2,3)43-28(41)36-15-10-9-13-22(36)24-33-25-23(34(24)7)26(39)37(27(40)35(25)8)17-18-16-19-20(32)12-11-14-21(19)38(18)29(42)44-31(4,5)6/h11-12,14,16,22H,9-10,13,15,17H2,1-8H3. The Morgan fingerprint density at radius 3 is 2.30 bits per heavy atom. The quantitative estimate of drug-likeness (QED) is 0.301. The highest BCUT2D eigenvalue weighted by Crippen LogP contribution is 2.33. The number of aryl methyl sites for hydroxylation is 2. The molecular weight excluding hydrogens is 588 g/mol. The first kappa shape index (κ1) is 31.4. The molecule has 1 unspecified atom stereocenters. The van der Waals surface area contributed by atoms with Gasteiger partial charge in [-0.25, -0.2) is 23.9 Å². The number of rotatable bonds is 3. The summed E-state index contributed by atoms with van der Waals surface area (Å²) < 4.78 is 16.7. The Bertz CT molecular complexity index is 1900. The molecule has 1 aromatic carbocycles. The van der Waals surface area contributed by atoms with Crippen LogP contribution < -0.4 is 11.2 Å². The van der Waals surface area contributed by atoms with E-state index in [-0.39, 0.29) is 17.7 Å². The molecule has 0 N–H and O–H groups in total. The minimum Gasteiger partial charge on any atom is -0.444 e. The van der Waals surface area contributed by atoms with Crippen LogP contribution in [0.4, 0.5) is 9.59 Å². The Hall–Kier alpha value is -4.06. The number of likely N-dealkylation sites (tertiary alicyclic amines) is 1. The summed E-state index contributed by atoms with van der Waals surface area (Å²) in [7, 11) is 3.25. The fraction of sp³-hybridized carbons (Fsp3) is 0.516. The monoisotopic (exact) mass is 626 g/mol. The molecule has 4 aromatic rings. The Labute approximate surface area is 259 Å². The average molecular weight is 627 g/mol. The third kappa shape index (κ3) is 5.74. The van der Waals surface area contributed by atoms with Crippen molar-refractivity contribution in [1.82, 2.24) is 28.2 Å². The van der Waals surface area contributed by atoms with Crippen molar-refractivity contribution in [3.63, 3.8) is 0 Å². The van der Waals surface area contributed by atoms with E-state index in [0.29, 0.717) is 40.4 Å². The number of piperidine rings is 1. The second kappa shape index (κ2) is 11.1. The van der Waals surface area contributed by atoms with E-state index in [9.17, 15) is 19.2 Å². The van der Waals surface area contributed by atoms with E-state index < -0.39 is 40.7 Å². The summed E-state index contributed by atoms with van der Waals surface area (Å²) in [4.78, 5) is 60.6. The number of benzene rings is 1. The summed E-state index contributed by atoms with van der Waals surface area (Å²) in [6.45, 7) is 11.0. The van der Waals surface area contributed by atoms with Crippen molar-refractivity contribution in [1.29, 1.82) is 0 Å². The Kier molecular flexibility index (Phi) is 7.94. The zero-order chi connectivity index (χ0) is 32.3. The molecule has 5 rings (SSSR count). The normalized spacial score (nSPS) is 16.1. The van der Waals surface area contributed by atoms with Crippen molar-refractivity contribution < 1.29 is 19.1 Å². The van der Waals surface area contributed by atoms with Crippen LogP contribution >= 0.6 is 11.6 Å². The predicted molar refractivity (Wildman–Crippen MR) is 167 cm³/mol. The molecule has 0 bridgehead atoms. The van der Waals surface area contributed by atoms with Gasteiger partial charge in [0.15, 0.2) is 11.2 Å². The first-order valence-electron chi connectivity index (χ1n) is 14.7. The van der Waals surface area contributed by atoms with E-state index >= 15 is 0 Å². The zero-order valence-corrected chi connectivity index (χ0v) is 27.2. The number of fused-ring (bicyclic) bond motifs is 2. The minimum atomic E-state index is -0.785. The molecule has 1 aliphatic heterocycles. The molecule has 13 heteroatoms. The number of amides is 1. The van der Waals surface area contributed by atoms with Crippen molar-refractivity contribution in [3.05, 3.63) is 61.6 Å². The van der Waals surface area contributed by atoms with E-state index in [1.165, 1.54) is 9.13 Å². The molecule has 44 heavy (non-hydrogen) atoms. The van der Waals surface area contributed by atoms with E-state index in [1.54, 1.807) is 68.6 Å². The second-order valence-corrected chi connectivity index (χ2v) is 13.7. The molecular formula is C31H39ClN6O6. The van der Waals surface area contributed by atoms with E-state index in [0.717, 1.165) is 17.4 Å². The van der Waals surface area contributed by atoms with Crippen LogP contribution in [0, 0.1) is 0 Å². The number of hydrogen-bond donors (Lipinski definition) is 0. The molecule has 0 spiro atoms. The summed E-state index contributed by atoms with van der Waals surface area (Å²) in [6.07, 6.45) is 1.22. The molecule has 1 amide bonds. The molecule has 1 aliphatic rings. The van der Waals surface area contributed by atoms with Crippen molar-refractivity contribution in [2.45, 2.75) is 84.6 Å². The van der Waals surface area contributed by atoms with Crippen LogP contribution in [0.5, 0.6) is 0 Å². The molecule has 1 fully saturated rings. The molecule has 12 nitrogen and oxygen atoms in total. The highest BCUT2D eigenvalue weighted by Gasteiger charge is 2.35. The van der Waals surface area contributed by atoms with Gasteiger partial charge in [-0.05, 0) is 79.0 Å². The maximum Gasteiger partial charge on any atom is 0.419 e. The Balaban J connectivity index is 1.64. The maximum absolute atomic E-state index is 14.0. The van der Waals surface area contributed by atoms with Crippen LogP contribution in [0.15, 0.2) is 33.9 Å². The van der Waals surface area contributed by atoms with Crippen LogP contribution in [0.25, 0.3) is 22.1 Å². The lowest BCUT2D eigenvalue weighted by molar-refractivity contribution is 0.00816. The molecule has 0 saturated carbocycles. The topological polar surface area (TPSA) is 123 Å². The third-order valence-electron chi connectivity index (χ3n) is 7.59. The van der Waals surface area contributed by atoms with Crippen molar-refractivity contribution >= 4 is 45.9 Å². The molecule has 0 radical (unpaired) electrons. The van der Waals surface area contributed by atoms with Gasteiger partial charge in [0.25, 0.3) is 5.56 Å². The largest absolute Gasteiger partial charge is 0.444 e. The third-order valence-corrected chi connectivity index (χ3v) is 7.92. The van der Waals surface area contributed by atoms with Gasteiger partial charge in [0.1, 0.15) is 17.0 Å². The van der Waals surface area contributed by atoms with Crippen molar-refractivity contribution in [3.8, 4) is 0 Å². The van der Waals surface area contributed by atoms with E-state index in [2.05, 4.69) is 0 Å².